The molecule has 5 heteroatoms. The Morgan fingerprint density at radius 1 is 1.14 bits per heavy atom. The lowest BCUT2D eigenvalue weighted by molar-refractivity contribution is -0.147. The Morgan fingerprint density at radius 3 is 2.50 bits per heavy atom. The average molecular weight is 307 g/mol. The third-order valence-electron chi connectivity index (χ3n) is 5.32. The number of allylic oxidation sites excluding steroid dienone is 2. The van der Waals surface area contributed by atoms with Gasteiger partial charge in [0.05, 0.1) is 17.9 Å². The van der Waals surface area contributed by atoms with Gasteiger partial charge in [0, 0.05) is 13.2 Å². The van der Waals surface area contributed by atoms with Crippen LogP contribution in [0.25, 0.3) is 0 Å². The molecular formula is C17H25NO4. The van der Waals surface area contributed by atoms with E-state index in [9.17, 15) is 14.7 Å². The fourth-order valence-electron chi connectivity index (χ4n) is 4.22. The van der Waals surface area contributed by atoms with Crippen LogP contribution in [0, 0.1) is 23.7 Å². The molecule has 2 fully saturated rings. The summed E-state index contributed by atoms with van der Waals surface area (Å²) >= 11 is 0. The van der Waals surface area contributed by atoms with E-state index >= 15 is 0 Å². The zero-order chi connectivity index (χ0) is 15.5. The molecule has 0 heterocycles. The van der Waals surface area contributed by atoms with Crippen molar-refractivity contribution < 1.29 is 19.4 Å². The van der Waals surface area contributed by atoms with Gasteiger partial charge in [-0.1, -0.05) is 25.0 Å². The first-order chi connectivity index (χ1) is 10.7. The summed E-state index contributed by atoms with van der Waals surface area (Å²) in [6.07, 6.45) is 10.8. The van der Waals surface area contributed by atoms with E-state index in [0.717, 1.165) is 25.7 Å². The maximum Gasteiger partial charge on any atom is 0.307 e. The van der Waals surface area contributed by atoms with Crippen LogP contribution in [0.4, 0.5) is 0 Å². The monoisotopic (exact) mass is 307 g/mol. The molecule has 122 valence electrons. The van der Waals surface area contributed by atoms with Crippen molar-refractivity contribution in [1.82, 2.24) is 5.32 Å². The van der Waals surface area contributed by atoms with Crippen molar-refractivity contribution in [3.05, 3.63) is 12.2 Å². The number of hydrogen-bond donors (Lipinski definition) is 2. The van der Waals surface area contributed by atoms with Gasteiger partial charge in [-0.2, -0.15) is 0 Å². The summed E-state index contributed by atoms with van der Waals surface area (Å²) in [6.45, 7) is 1.24. The summed E-state index contributed by atoms with van der Waals surface area (Å²) in [4.78, 5) is 23.7. The van der Waals surface area contributed by atoms with E-state index in [-0.39, 0.29) is 17.7 Å². The van der Waals surface area contributed by atoms with Crippen LogP contribution in [0.5, 0.6) is 0 Å². The second-order valence-corrected chi connectivity index (χ2v) is 6.76. The number of ether oxygens (including phenoxy) is 1. The van der Waals surface area contributed by atoms with E-state index in [0.29, 0.717) is 19.3 Å². The minimum Gasteiger partial charge on any atom is -0.481 e. The minimum absolute atomic E-state index is 0.0314. The van der Waals surface area contributed by atoms with Crippen LogP contribution in [0.1, 0.15) is 38.5 Å². The Labute approximate surface area is 131 Å². The molecule has 0 aromatic rings. The number of carbonyl (C=O) groups is 2. The van der Waals surface area contributed by atoms with E-state index in [1.165, 1.54) is 12.8 Å². The molecule has 4 unspecified atom stereocenters. The molecule has 0 aromatic carbocycles. The third-order valence-corrected chi connectivity index (χ3v) is 5.32. The normalized spacial score (nSPS) is 33.5. The first kappa shape index (κ1) is 15.5. The summed E-state index contributed by atoms with van der Waals surface area (Å²) in [7, 11) is 0. The number of fused-ring (bicyclic) bond motifs is 2. The number of amides is 1. The van der Waals surface area contributed by atoms with Gasteiger partial charge < -0.3 is 15.2 Å². The Morgan fingerprint density at radius 2 is 1.82 bits per heavy atom. The lowest BCUT2D eigenvalue weighted by Crippen LogP contribution is -2.40. The van der Waals surface area contributed by atoms with Gasteiger partial charge in [-0.3, -0.25) is 9.59 Å². The first-order valence-electron chi connectivity index (χ1n) is 8.47. The Balaban J connectivity index is 1.40. The van der Waals surface area contributed by atoms with Crippen LogP contribution in [0.2, 0.25) is 0 Å². The highest BCUT2D eigenvalue weighted by Gasteiger charge is 2.51. The van der Waals surface area contributed by atoms with Gasteiger partial charge in [0.1, 0.15) is 0 Å². The van der Waals surface area contributed by atoms with E-state index in [2.05, 4.69) is 5.32 Å². The van der Waals surface area contributed by atoms with Crippen LogP contribution < -0.4 is 5.32 Å². The SMILES string of the molecule is O=C(O)C1C2C=CC(C2)C1C(=O)NCCCOC1CCCC1. The molecule has 2 bridgehead atoms. The van der Waals surface area contributed by atoms with E-state index in [1.54, 1.807) is 0 Å². The molecule has 3 aliphatic carbocycles. The topological polar surface area (TPSA) is 75.6 Å². The van der Waals surface area contributed by atoms with Crippen LogP contribution >= 0.6 is 0 Å². The quantitative estimate of drug-likeness (QED) is 0.557. The summed E-state index contributed by atoms with van der Waals surface area (Å²) in [5.74, 6) is -1.77. The van der Waals surface area contributed by atoms with Crippen molar-refractivity contribution in [2.24, 2.45) is 23.7 Å². The predicted octanol–water partition coefficient (Wildman–Crippen LogP) is 1.97. The summed E-state index contributed by atoms with van der Waals surface area (Å²) in [5, 5.41) is 12.3. The average Bonchev–Trinajstić information content (AvgIpc) is 3.22. The van der Waals surface area contributed by atoms with Crippen molar-refractivity contribution in [3.8, 4) is 0 Å². The summed E-state index contributed by atoms with van der Waals surface area (Å²) in [6, 6.07) is 0. The van der Waals surface area contributed by atoms with Gasteiger partial charge in [-0.05, 0) is 37.5 Å². The lowest BCUT2D eigenvalue weighted by Gasteiger charge is -2.23. The van der Waals surface area contributed by atoms with Crippen molar-refractivity contribution in [3.63, 3.8) is 0 Å². The Kier molecular flexibility index (Phi) is 4.81. The molecule has 2 N–H and O–H groups in total. The lowest BCUT2D eigenvalue weighted by atomic mass is 9.82. The van der Waals surface area contributed by atoms with Gasteiger partial charge in [0.15, 0.2) is 0 Å². The smallest absolute Gasteiger partial charge is 0.307 e. The summed E-state index contributed by atoms with van der Waals surface area (Å²) in [5.41, 5.74) is 0. The number of hydrogen-bond acceptors (Lipinski definition) is 3. The van der Waals surface area contributed by atoms with Crippen molar-refractivity contribution >= 4 is 11.9 Å². The third kappa shape index (κ3) is 3.19. The zero-order valence-electron chi connectivity index (χ0n) is 12.9. The minimum atomic E-state index is -0.846. The van der Waals surface area contributed by atoms with Gasteiger partial charge in [-0.15, -0.1) is 0 Å². The number of carboxylic acid groups (broad SMARTS) is 1. The number of aliphatic carboxylic acids is 1. The van der Waals surface area contributed by atoms with Crippen LogP contribution in [-0.4, -0.2) is 36.2 Å². The number of rotatable bonds is 7. The molecule has 22 heavy (non-hydrogen) atoms. The molecule has 1 amide bonds. The molecule has 4 atom stereocenters. The maximum absolute atomic E-state index is 12.3. The zero-order valence-corrected chi connectivity index (χ0v) is 12.9. The highest BCUT2D eigenvalue weighted by Crippen LogP contribution is 2.48. The largest absolute Gasteiger partial charge is 0.481 e. The second kappa shape index (κ2) is 6.82. The molecular weight excluding hydrogens is 282 g/mol. The molecule has 0 aliphatic heterocycles. The second-order valence-electron chi connectivity index (χ2n) is 6.76. The van der Waals surface area contributed by atoms with Crippen LogP contribution in [-0.2, 0) is 14.3 Å². The van der Waals surface area contributed by atoms with Crippen LogP contribution in [0.3, 0.4) is 0 Å². The molecule has 3 aliphatic rings. The van der Waals surface area contributed by atoms with Crippen molar-refractivity contribution in [2.75, 3.05) is 13.2 Å². The molecule has 0 radical (unpaired) electrons. The standard InChI is InChI=1S/C17H25NO4/c19-16(18-8-3-9-22-13-4-1-2-5-13)14-11-6-7-12(10-11)15(14)17(20)21/h6-7,11-15H,1-5,8-10H2,(H,18,19)(H,20,21). The van der Waals surface area contributed by atoms with Gasteiger partial charge in [0.2, 0.25) is 5.91 Å². The fraction of sp³-hybridized carbons (Fsp3) is 0.765. The van der Waals surface area contributed by atoms with E-state index in [1.807, 2.05) is 12.2 Å². The van der Waals surface area contributed by atoms with Crippen molar-refractivity contribution in [1.29, 1.82) is 0 Å². The highest BCUT2D eigenvalue weighted by atomic mass is 16.5. The predicted molar refractivity (Wildman–Crippen MR) is 81.2 cm³/mol. The maximum atomic E-state index is 12.3. The highest BCUT2D eigenvalue weighted by molar-refractivity contribution is 5.86. The molecule has 5 nitrogen and oxygen atoms in total. The molecule has 3 rings (SSSR count). The molecule has 0 aromatic heterocycles. The Hall–Kier alpha value is -1.36. The van der Waals surface area contributed by atoms with Crippen LogP contribution in [0.15, 0.2) is 12.2 Å². The van der Waals surface area contributed by atoms with Gasteiger partial charge in [-0.25, -0.2) is 0 Å². The van der Waals surface area contributed by atoms with E-state index < -0.39 is 17.8 Å². The Bertz CT molecular complexity index is 456. The van der Waals surface area contributed by atoms with Gasteiger partial charge >= 0.3 is 5.97 Å². The number of carboxylic acids is 1. The first-order valence-corrected chi connectivity index (χ1v) is 8.47. The summed E-state index contributed by atoms with van der Waals surface area (Å²) < 4.78 is 5.76. The number of nitrogens with one attached hydrogen (secondary N) is 1. The van der Waals surface area contributed by atoms with E-state index in [4.69, 9.17) is 4.74 Å². The van der Waals surface area contributed by atoms with Crippen molar-refractivity contribution in [2.45, 2.75) is 44.6 Å². The fourth-order valence-corrected chi connectivity index (χ4v) is 4.22. The molecule has 0 saturated heterocycles. The number of carbonyl (C=O) groups excluding carboxylic acids is 1. The molecule has 0 spiro atoms. The molecule has 2 saturated carbocycles. The van der Waals surface area contributed by atoms with Gasteiger partial charge in [0.25, 0.3) is 0 Å².